The zero-order chi connectivity index (χ0) is 8.20. The average Bonchev–Trinajstić information content (AvgIpc) is 1.59. The van der Waals surface area contributed by atoms with Gasteiger partial charge in [-0.25, -0.2) is 8.42 Å². The van der Waals surface area contributed by atoms with E-state index in [1.807, 2.05) is 0 Å². The van der Waals surface area contributed by atoms with E-state index in [0.29, 0.717) is 0 Å². The minimum atomic E-state index is -3.51. The van der Waals surface area contributed by atoms with E-state index in [4.69, 9.17) is 11.5 Å². The van der Waals surface area contributed by atoms with Gasteiger partial charge in [-0.15, -0.1) is 11.0 Å². The molecule has 0 spiro atoms. The highest BCUT2D eigenvalue weighted by Gasteiger charge is 2.03. The smallest absolute Gasteiger partial charge is 0.259 e. The van der Waals surface area contributed by atoms with Crippen molar-refractivity contribution in [2.24, 2.45) is 15.9 Å². The van der Waals surface area contributed by atoms with Gasteiger partial charge in [-0.3, -0.25) is 0 Å². The second-order valence-corrected chi connectivity index (χ2v) is 3.23. The van der Waals surface area contributed by atoms with Gasteiger partial charge in [-0.1, -0.05) is 6.08 Å². The summed E-state index contributed by atoms with van der Waals surface area (Å²) in [6.45, 7) is 3.22. The molecular formula is C4H9N3O2S. The van der Waals surface area contributed by atoms with Crippen molar-refractivity contribution < 1.29 is 8.42 Å². The molecule has 0 aromatic carbocycles. The minimum absolute atomic E-state index is 0.245. The van der Waals surface area contributed by atoms with Crippen molar-refractivity contribution in [2.45, 2.75) is 0 Å². The Bertz CT molecular complexity index is 237. The Morgan fingerprint density at radius 2 is 2.10 bits per heavy atom. The highest BCUT2D eigenvalue weighted by Crippen LogP contribution is 1.89. The molecule has 0 rings (SSSR count). The van der Waals surface area contributed by atoms with Crippen LogP contribution in [0.4, 0.5) is 0 Å². The van der Waals surface area contributed by atoms with Crippen LogP contribution in [0.3, 0.4) is 0 Å². The standard InChI is InChI=1S/C4H9N3O2S/c1-2-3-10(8,9)7-4(5)6/h2H,1,3H2,(H4,5,6,7). The summed E-state index contributed by atoms with van der Waals surface area (Å²) in [5.41, 5.74) is 9.65. The van der Waals surface area contributed by atoms with E-state index in [-0.39, 0.29) is 5.75 Å². The summed E-state index contributed by atoms with van der Waals surface area (Å²) in [6.07, 6.45) is 1.21. The van der Waals surface area contributed by atoms with Crippen LogP contribution in [0, 0.1) is 0 Å². The van der Waals surface area contributed by atoms with Gasteiger partial charge in [0.15, 0.2) is 0 Å². The fraction of sp³-hybridized carbons (Fsp3) is 0.250. The number of sulfonamides is 1. The van der Waals surface area contributed by atoms with Crippen LogP contribution >= 0.6 is 0 Å². The molecule has 4 N–H and O–H groups in total. The number of guanidine groups is 1. The fourth-order valence-corrected chi connectivity index (χ4v) is 1.04. The first-order valence-electron chi connectivity index (χ1n) is 2.42. The van der Waals surface area contributed by atoms with Crippen LogP contribution in [-0.4, -0.2) is 20.1 Å². The molecule has 58 valence electrons. The van der Waals surface area contributed by atoms with Crippen molar-refractivity contribution in [3.63, 3.8) is 0 Å². The lowest BCUT2D eigenvalue weighted by Crippen LogP contribution is -2.24. The maximum Gasteiger partial charge on any atom is 0.259 e. The van der Waals surface area contributed by atoms with Crippen molar-refractivity contribution in [1.29, 1.82) is 0 Å². The average molecular weight is 163 g/mol. The number of nitrogens with two attached hydrogens (primary N) is 2. The maximum absolute atomic E-state index is 10.6. The lowest BCUT2D eigenvalue weighted by Gasteiger charge is -1.91. The quantitative estimate of drug-likeness (QED) is 0.309. The fourth-order valence-electron chi connectivity index (χ4n) is 0.347. The molecular weight excluding hydrogens is 154 g/mol. The lowest BCUT2D eigenvalue weighted by atomic mass is 10.8. The second kappa shape index (κ2) is 3.21. The van der Waals surface area contributed by atoms with Gasteiger partial charge < -0.3 is 11.5 Å². The molecule has 0 fully saturated rings. The molecule has 0 aliphatic rings. The molecule has 0 aromatic heterocycles. The summed E-state index contributed by atoms with van der Waals surface area (Å²) in [4.78, 5) is 0. The molecule has 5 nitrogen and oxygen atoms in total. The van der Waals surface area contributed by atoms with Gasteiger partial charge in [-0.2, -0.15) is 0 Å². The van der Waals surface area contributed by atoms with Gasteiger partial charge in [0.25, 0.3) is 10.0 Å². The third-order valence-electron chi connectivity index (χ3n) is 0.573. The van der Waals surface area contributed by atoms with Crippen molar-refractivity contribution >= 4 is 16.0 Å². The molecule has 0 radical (unpaired) electrons. The summed E-state index contributed by atoms with van der Waals surface area (Å²) in [7, 11) is -3.51. The predicted molar refractivity (Wildman–Crippen MR) is 39.8 cm³/mol. The molecule has 0 aliphatic carbocycles. The first kappa shape index (κ1) is 8.96. The zero-order valence-corrected chi connectivity index (χ0v) is 6.13. The Morgan fingerprint density at radius 3 is 2.40 bits per heavy atom. The summed E-state index contributed by atoms with van der Waals surface area (Å²) < 4.78 is 24.2. The molecule has 0 heterocycles. The molecule has 0 saturated carbocycles. The molecule has 0 atom stereocenters. The van der Waals surface area contributed by atoms with Crippen LogP contribution in [0.25, 0.3) is 0 Å². The van der Waals surface area contributed by atoms with Crippen LogP contribution in [0.2, 0.25) is 0 Å². The van der Waals surface area contributed by atoms with Gasteiger partial charge >= 0.3 is 0 Å². The van der Waals surface area contributed by atoms with E-state index in [0.717, 1.165) is 0 Å². The van der Waals surface area contributed by atoms with Gasteiger partial charge in [0, 0.05) is 0 Å². The minimum Gasteiger partial charge on any atom is -0.369 e. The van der Waals surface area contributed by atoms with Crippen molar-refractivity contribution in [3.8, 4) is 0 Å². The molecule has 0 aliphatic heterocycles. The number of nitrogens with zero attached hydrogens (tertiary/aromatic N) is 1. The van der Waals surface area contributed by atoms with Crippen molar-refractivity contribution in [2.75, 3.05) is 5.75 Å². The van der Waals surface area contributed by atoms with E-state index in [1.165, 1.54) is 6.08 Å². The Morgan fingerprint density at radius 1 is 1.60 bits per heavy atom. The number of hydrogen-bond acceptors (Lipinski definition) is 2. The molecule has 0 unspecified atom stereocenters. The summed E-state index contributed by atoms with van der Waals surface area (Å²) >= 11 is 0. The van der Waals surface area contributed by atoms with Crippen molar-refractivity contribution in [1.82, 2.24) is 0 Å². The first-order chi connectivity index (χ1) is 4.48. The van der Waals surface area contributed by atoms with Crippen LogP contribution < -0.4 is 11.5 Å². The van der Waals surface area contributed by atoms with E-state index < -0.39 is 16.0 Å². The highest BCUT2D eigenvalue weighted by atomic mass is 32.2. The Balaban J connectivity index is 4.44. The van der Waals surface area contributed by atoms with Gasteiger partial charge in [-0.05, 0) is 0 Å². The van der Waals surface area contributed by atoms with Gasteiger partial charge in [0.05, 0.1) is 5.75 Å². The van der Waals surface area contributed by atoms with Crippen LogP contribution in [0.15, 0.2) is 17.1 Å². The van der Waals surface area contributed by atoms with E-state index in [9.17, 15) is 8.42 Å². The summed E-state index contributed by atoms with van der Waals surface area (Å²) in [6, 6.07) is 0. The second-order valence-electron chi connectivity index (χ2n) is 1.55. The van der Waals surface area contributed by atoms with Crippen LogP contribution in [0.1, 0.15) is 0 Å². The zero-order valence-electron chi connectivity index (χ0n) is 5.32. The summed E-state index contributed by atoms with van der Waals surface area (Å²) in [5, 5.41) is 0. The maximum atomic E-state index is 10.6. The Hall–Kier alpha value is -1.04. The third kappa shape index (κ3) is 3.90. The Kier molecular flexibility index (Phi) is 2.88. The van der Waals surface area contributed by atoms with Gasteiger partial charge in [0.2, 0.25) is 5.96 Å². The van der Waals surface area contributed by atoms with Crippen LogP contribution in [0.5, 0.6) is 0 Å². The normalized spacial score (nSPS) is 10.4. The van der Waals surface area contributed by atoms with Crippen LogP contribution in [-0.2, 0) is 10.0 Å². The highest BCUT2D eigenvalue weighted by molar-refractivity contribution is 7.90. The topological polar surface area (TPSA) is 98.5 Å². The molecule has 6 heteroatoms. The summed E-state index contributed by atoms with van der Waals surface area (Å²) in [5.74, 6) is -0.702. The molecule has 0 saturated heterocycles. The third-order valence-corrected chi connectivity index (χ3v) is 1.72. The SMILES string of the molecule is C=CCS(=O)(=O)N=C(N)N. The number of rotatable bonds is 3. The molecule has 10 heavy (non-hydrogen) atoms. The van der Waals surface area contributed by atoms with E-state index in [2.05, 4.69) is 11.0 Å². The lowest BCUT2D eigenvalue weighted by molar-refractivity contribution is 0.601. The van der Waals surface area contributed by atoms with E-state index in [1.54, 1.807) is 0 Å². The van der Waals surface area contributed by atoms with E-state index >= 15 is 0 Å². The monoisotopic (exact) mass is 163 g/mol. The largest absolute Gasteiger partial charge is 0.369 e. The molecule has 0 amide bonds. The predicted octanol–water partition coefficient (Wildman–Crippen LogP) is -1.22. The first-order valence-corrected chi connectivity index (χ1v) is 4.03. The van der Waals surface area contributed by atoms with Crippen molar-refractivity contribution in [3.05, 3.63) is 12.7 Å². The number of hydrogen-bond donors (Lipinski definition) is 2. The molecule has 0 bridgehead atoms. The molecule has 0 aromatic rings. The van der Waals surface area contributed by atoms with Gasteiger partial charge in [0.1, 0.15) is 0 Å². The Labute approximate surface area is 59.5 Å².